The molecule has 0 unspecified atom stereocenters. The molecule has 2 aliphatic carbocycles. The lowest BCUT2D eigenvalue weighted by Crippen LogP contribution is -2.49. The van der Waals surface area contributed by atoms with Crippen LogP contribution in [0.15, 0.2) is 4.99 Å². The molecule has 5 heteroatoms. The summed E-state index contributed by atoms with van der Waals surface area (Å²) in [6.07, 6.45) is 11.0. The molecule has 4 nitrogen and oxygen atoms in total. The summed E-state index contributed by atoms with van der Waals surface area (Å²) in [7, 11) is 1.88. The highest BCUT2D eigenvalue weighted by Gasteiger charge is 2.31. The standard InChI is InChI=1S/C16H30N4.HI/c1-17-16(18-10-2-3-13-4-5-13)19-14-8-11-20(12-9-14)15-6-7-15;/h13-15H,2-12H2,1H3,(H2,17,18,19);1H. The van der Waals surface area contributed by atoms with Gasteiger partial charge in [-0.25, -0.2) is 0 Å². The highest BCUT2D eigenvalue weighted by molar-refractivity contribution is 14.0. The molecule has 0 aromatic carbocycles. The summed E-state index contributed by atoms with van der Waals surface area (Å²) in [5.41, 5.74) is 0. The number of halogens is 1. The van der Waals surface area contributed by atoms with Gasteiger partial charge in [-0.05, 0) is 44.4 Å². The summed E-state index contributed by atoms with van der Waals surface area (Å²) in [6.45, 7) is 3.60. The van der Waals surface area contributed by atoms with Gasteiger partial charge in [-0.2, -0.15) is 0 Å². The quantitative estimate of drug-likeness (QED) is 0.308. The third-order valence-electron chi connectivity index (χ3n) is 4.94. The van der Waals surface area contributed by atoms with Gasteiger partial charge in [-0.1, -0.05) is 12.8 Å². The van der Waals surface area contributed by atoms with Crippen LogP contribution in [-0.4, -0.2) is 49.6 Å². The highest BCUT2D eigenvalue weighted by atomic mass is 127. The second-order valence-electron chi connectivity index (χ2n) is 6.77. The number of nitrogens with one attached hydrogen (secondary N) is 2. The number of piperidine rings is 1. The monoisotopic (exact) mass is 406 g/mol. The van der Waals surface area contributed by atoms with Gasteiger partial charge in [0.05, 0.1) is 0 Å². The van der Waals surface area contributed by atoms with Gasteiger partial charge in [0.15, 0.2) is 5.96 Å². The molecular formula is C16H31IN4. The molecule has 1 aliphatic heterocycles. The maximum absolute atomic E-state index is 4.36. The van der Waals surface area contributed by atoms with E-state index in [-0.39, 0.29) is 24.0 Å². The van der Waals surface area contributed by atoms with Crippen LogP contribution in [0.5, 0.6) is 0 Å². The molecule has 21 heavy (non-hydrogen) atoms. The number of nitrogens with zero attached hydrogens (tertiary/aromatic N) is 2. The number of aliphatic imine (C=N–C) groups is 1. The van der Waals surface area contributed by atoms with Crippen LogP contribution in [0.2, 0.25) is 0 Å². The molecule has 0 aromatic rings. The molecule has 0 bridgehead atoms. The molecular weight excluding hydrogens is 375 g/mol. The predicted octanol–water partition coefficient (Wildman–Crippen LogP) is 2.59. The Morgan fingerprint density at radius 1 is 1.10 bits per heavy atom. The largest absolute Gasteiger partial charge is 0.356 e. The topological polar surface area (TPSA) is 39.7 Å². The fourth-order valence-electron chi connectivity index (χ4n) is 3.24. The van der Waals surface area contributed by atoms with Crippen molar-refractivity contribution in [1.29, 1.82) is 0 Å². The molecule has 3 fully saturated rings. The van der Waals surface area contributed by atoms with E-state index >= 15 is 0 Å². The van der Waals surface area contributed by atoms with Crippen LogP contribution in [0.25, 0.3) is 0 Å². The van der Waals surface area contributed by atoms with Crippen LogP contribution in [0.3, 0.4) is 0 Å². The predicted molar refractivity (Wildman–Crippen MR) is 99.5 cm³/mol. The smallest absolute Gasteiger partial charge is 0.191 e. The maximum atomic E-state index is 4.36. The molecule has 122 valence electrons. The van der Waals surface area contributed by atoms with E-state index in [2.05, 4.69) is 20.5 Å². The zero-order valence-electron chi connectivity index (χ0n) is 13.3. The molecule has 0 aromatic heterocycles. The van der Waals surface area contributed by atoms with Crippen molar-refractivity contribution in [3.05, 3.63) is 0 Å². The van der Waals surface area contributed by atoms with Crippen LogP contribution < -0.4 is 10.6 Å². The van der Waals surface area contributed by atoms with Gasteiger partial charge in [-0.3, -0.25) is 4.99 Å². The van der Waals surface area contributed by atoms with E-state index in [1.165, 1.54) is 64.5 Å². The lowest BCUT2D eigenvalue weighted by Gasteiger charge is -2.33. The summed E-state index contributed by atoms with van der Waals surface area (Å²) in [5, 5.41) is 7.07. The SMILES string of the molecule is CN=C(NCCCC1CC1)NC1CCN(C2CC2)CC1.I. The molecule has 1 saturated heterocycles. The molecule has 0 atom stereocenters. The van der Waals surface area contributed by atoms with Crippen LogP contribution in [-0.2, 0) is 0 Å². The van der Waals surface area contributed by atoms with Gasteiger partial charge in [0.1, 0.15) is 0 Å². The molecule has 1 heterocycles. The van der Waals surface area contributed by atoms with Crippen LogP contribution in [0, 0.1) is 5.92 Å². The van der Waals surface area contributed by atoms with E-state index in [9.17, 15) is 0 Å². The first-order chi connectivity index (χ1) is 9.85. The maximum Gasteiger partial charge on any atom is 0.191 e. The highest BCUT2D eigenvalue weighted by Crippen LogP contribution is 2.33. The zero-order chi connectivity index (χ0) is 13.8. The van der Waals surface area contributed by atoms with Gasteiger partial charge in [-0.15, -0.1) is 24.0 Å². The van der Waals surface area contributed by atoms with Gasteiger partial charge in [0.25, 0.3) is 0 Å². The third-order valence-corrected chi connectivity index (χ3v) is 4.94. The van der Waals surface area contributed by atoms with Crippen molar-refractivity contribution in [2.24, 2.45) is 10.9 Å². The Bertz CT molecular complexity index is 331. The Morgan fingerprint density at radius 2 is 1.81 bits per heavy atom. The first-order valence-electron chi connectivity index (χ1n) is 8.56. The van der Waals surface area contributed by atoms with E-state index in [0.29, 0.717) is 6.04 Å². The Labute approximate surface area is 146 Å². The third kappa shape index (κ3) is 5.93. The van der Waals surface area contributed by atoms with E-state index in [0.717, 1.165) is 24.5 Å². The molecule has 2 saturated carbocycles. The minimum atomic E-state index is 0. The normalized spacial score (nSPS) is 24.5. The average Bonchev–Trinajstić information content (AvgIpc) is 3.36. The summed E-state index contributed by atoms with van der Waals surface area (Å²) in [4.78, 5) is 7.03. The Kier molecular flexibility index (Phi) is 7.05. The van der Waals surface area contributed by atoms with E-state index < -0.39 is 0 Å². The van der Waals surface area contributed by atoms with Crippen molar-refractivity contribution >= 4 is 29.9 Å². The Hall–Kier alpha value is -0.0400. The molecule has 0 amide bonds. The summed E-state index contributed by atoms with van der Waals surface area (Å²) >= 11 is 0. The first kappa shape index (κ1) is 17.3. The van der Waals surface area contributed by atoms with Crippen LogP contribution in [0.4, 0.5) is 0 Å². The fraction of sp³-hybridized carbons (Fsp3) is 0.938. The number of rotatable bonds is 6. The van der Waals surface area contributed by atoms with Crippen molar-refractivity contribution in [2.45, 2.75) is 63.5 Å². The van der Waals surface area contributed by atoms with Gasteiger partial charge < -0.3 is 15.5 Å². The van der Waals surface area contributed by atoms with Crippen LogP contribution >= 0.6 is 24.0 Å². The molecule has 2 N–H and O–H groups in total. The van der Waals surface area contributed by atoms with Crippen molar-refractivity contribution < 1.29 is 0 Å². The van der Waals surface area contributed by atoms with Crippen molar-refractivity contribution in [3.8, 4) is 0 Å². The van der Waals surface area contributed by atoms with Gasteiger partial charge in [0, 0.05) is 38.8 Å². The molecule has 0 radical (unpaired) electrons. The minimum Gasteiger partial charge on any atom is -0.356 e. The van der Waals surface area contributed by atoms with Gasteiger partial charge >= 0.3 is 0 Å². The number of likely N-dealkylation sites (tertiary alicyclic amines) is 1. The molecule has 0 spiro atoms. The number of hydrogen-bond acceptors (Lipinski definition) is 2. The summed E-state index contributed by atoms with van der Waals surface area (Å²) < 4.78 is 0. The van der Waals surface area contributed by atoms with E-state index in [4.69, 9.17) is 0 Å². The van der Waals surface area contributed by atoms with E-state index in [1.807, 2.05) is 7.05 Å². The second kappa shape index (κ2) is 8.56. The van der Waals surface area contributed by atoms with Crippen molar-refractivity contribution in [3.63, 3.8) is 0 Å². The number of guanidine groups is 1. The fourth-order valence-corrected chi connectivity index (χ4v) is 3.24. The Morgan fingerprint density at radius 3 is 2.38 bits per heavy atom. The Balaban J connectivity index is 0.00000161. The first-order valence-corrected chi connectivity index (χ1v) is 8.56. The molecule has 3 aliphatic rings. The second-order valence-corrected chi connectivity index (χ2v) is 6.77. The lowest BCUT2D eigenvalue weighted by atomic mass is 10.1. The van der Waals surface area contributed by atoms with Crippen molar-refractivity contribution in [1.82, 2.24) is 15.5 Å². The summed E-state index contributed by atoms with van der Waals surface area (Å²) in [6, 6.07) is 1.54. The van der Waals surface area contributed by atoms with Crippen molar-refractivity contribution in [2.75, 3.05) is 26.7 Å². The number of hydrogen-bond donors (Lipinski definition) is 2. The lowest BCUT2D eigenvalue weighted by molar-refractivity contribution is 0.197. The van der Waals surface area contributed by atoms with Crippen LogP contribution in [0.1, 0.15) is 51.4 Å². The van der Waals surface area contributed by atoms with E-state index in [1.54, 1.807) is 0 Å². The molecule has 3 rings (SSSR count). The average molecular weight is 406 g/mol. The van der Waals surface area contributed by atoms with Gasteiger partial charge in [0.2, 0.25) is 0 Å². The summed E-state index contributed by atoms with van der Waals surface area (Å²) in [5.74, 6) is 2.05. The zero-order valence-corrected chi connectivity index (χ0v) is 15.6. The minimum absolute atomic E-state index is 0.